The van der Waals surface area contributed by atoms with Crippen molar-refractivity contribution in [1.82, 2.24) is 0 Å². The Morgan fingerprint density at radius 2 is 1.74 bits per heavy atom. The molecule has 1 amide bonds. The van der Waals surface area contributed by atoms with Gasteiger partial charge < -0.3 is 5.32 Å². The van der Waals surface area contributed by atoms with Crippen LogP contribution in [-0.4, -0.2) is 20.6 Å². The second kappa shape index (κ2) is 7.30. The van der Waals surface area contributed by atoms with E-state index in [4.69, 9.17) is 11.6 Å². The van der Waals surface area contributed by atoms with Gasteiger partial charge in [-0.2, -0.15) is 0 Å². The third-order valence-electron chi connectivity index (χ3n) is 2.77. The monoisotopic (exact) mass is 350 g/mol. The molecule has 0 aromatic heterocycles. The van der Waals surface area contributed by atoms with Crippen LogP contribution in [-0.2, 0) is 14.8 Å². The molecular weight excluding hydrogens is 336 g/mol. The third kappa shape index (κ3) is 5.77. The average molecular weight is 351 g/mol. The first-order valence-electron chi connectivity index (χ1n) is 6.65. The summed E-state index contributed by atoms with van der Waals surface area (Å²) in [4.78, 5) is 11.8. The summed E-state index contributed by atoms with van der Waals surface area (Å²) in [6.07, 6.45) is 4.08. The summed E-state index contributed by atoms with van der Waals surface area (Å²) in [5.41, 5.74) is 1.76. The molecule has 0 spiro atoms. The number of carbonyl (C=O) groups excluding carboxylic acids is 1. The molecule has 0 saturated carbocycles. The summed E-state index contributed by atoms with van der Waals surface area (Å²) in [5, 5.41) is 3.14. The molecular formula is C16H15ClN2O3S. The van der Waals surface area contributed by atoms with Crippen LogP contribution >= 0.6 is 11.6 Å². The van der Waals surface area contributed by atoms with Gasteiger partial charge in [0.05, 0.1) is 17.0 Å². The number of hydrogen-bond acceptors (Lipinski definition) is 3. The van der Waals surface area contributed by atoms with Gasteiger partial charge in [-0.15, -0.1) is 0 Å². The van der Waals surface area contributed by atoms with Crippen LogP contribution in [0.4, 0.5) is 11.4 Å². The quantitative estimate of drug-likeness (QED) is 0.812. The highest BCUT2D eigenvalue weighted by Crippen LogP contribution is 2.20. The van der Waals surface area contributed by atoms with Crippen molar-refractivity contribution >= 4 is 45.0 Å². The molecule has 0 atom stereocenters. The number of nitrogens with one attached hydrogen (secondary N) is 2. The smallest absolute Gasteiger partial charge is 0.248 e. The zero-order valence-corrected chi connectivity index (χ0v) is 13.9. The predicted octanol–water partition coefficient (Wildman–Crippen LogP) is 3.36. The Morgan fingerprint density at radius 3 is 2.35 bits per heavy atom. The first-order valence-corrected chi connectivity index (χ1v) is 8.92. The van der Waals surface area contributed by atoms with E-state index in [2.05, 4.69) is 10.0 Å². The first kappa shape index (κ1) is 17.1. The molecule has 2 aromatic rings. The van der Waals surface area contributed by atoms with Gasteiger partial charge in [-0.3, -0.25) is 9.52 Å². The van der Waals surface area contributed by atoms with Gasteiger partial charge in [-0.25, -0.2) is 8.42 Å². The lowest BCUT2D eigenvalue weighted by Gasteiger charge is -2.04. The Balaban J connectivity index is 2.00. The molecule has 7 heteroatoms. The number of hydrogen-bond donors (Lipinski definition) is 2. The molecule has 23 heavy (non-hydrogen) atoms. The minimum atomic E-state index is -3.30. The number of anilines is 2. The predicted molar refractivity (Wildman–Crippen MR) is 94.0 cm³/mol. The molecule has 120 valence electrons. The van der Waals surface area contributed by atoms with Crippen molar-refractivity contribution < 1.29 is 13.2 Å². The highest BCUT2D eigenvalue weighted by atomic mass is 35.5. The summed E-state index contributed by atoms with van der Waals surface area (Å²) < 4.78 is 24.6. The third-order valence-corrected chi connectivity index (χ3v) is 3.71. The van der Waals surface area contributed by atoms with Gasteiger partial charge in [0.15, 0.2) is 0 Å². The van der Waals surface area contributed by atoms with Gasteiger partial charge in [0.1, 0.15) is 0 Å². The largest absolute Gasteiger partial charge is 0.321 e. The molecule has 0 bridgehead atoms. The van der Waals surface area contributed by atoms with Crippen molar-refractivity contribution in [2.75, 3.05) is 16.3 Å². The van der Waals surface area contributed by atoms with Crippen LogP contribution < -0.4 is 10.0 Å². The Bertz CT molecular complexity index is 831. The van der Waals surface area contributed by atoms with Gasteiger partial charge >= 0.3 is 0 Å². The molecule has 0 aliphatic carbocycles. The lowest BCUT2D eigenvalue weighted by atomic mass is 10.2. The molecule has 0 aliphatic rings. The van der Waals surface area contributed by atoms with E-state index < -0.39 is 10.0 Å². The van der Waals surface area contributed by atoms with Crippen LogP contribution in [0.25, 0.3) is 6.08 Å². The number of halogens is 1. The average Bonchev–Trinajstić information content (AvgIpc) is 2.47. The summed E-state index contributed by atoms with van der Waals surface area (Å²) in [7, 11) is -3.30. The summed E-state index contributed by atoms with van der Waals surface area (Å²) in [6.45, 7) is 0. The number of rotatable bonds is 5. The van der Waals surface area contributed by atoms with E-state index in [0.29, 0.717) is 16.4 Å². The molecule has 2 aromatic carbocycles. The minimum Gasteiger partial charge on any atom is -0.321 e. The van der Waals surface area contributed by atoms with Crippen LogP contribution in [0.15, 0.2) is 54.6 Å². The number of para-hydroxylation sites is 1. The van der Waals surface area contributed by atoms with E-state index in [1.54, 1.807) is 54.6 Å². The number of amides is 1. The maximum absolute atomic E-state index is 11.8. The number of benzene rings is 2. The van der Waals surface area contributed by atoms with Crippen molar-refractivity contribution in [2.24, 2.45) is 0 Å². The van der Waals surface area contributed by atoms with E-state index in [-0.39, 0.29) is 5.91 Å². The molecule has 0 heterocycles. The molecule has 0 unspecified atom stereocenters. The minimum absolute atomic E-state index is 0.309. The van der Waals surface area contributed by atoms with Crippen LogP contribution in [0.2, 0.25) is 5.02 Å². The molecule has 0 aliphatic heterocycles. The zero-order valence-electron chi connectivity index (χ0n) is 12.3. The Hall–Kier alpha value is -2.31. The second-order valence-corrected chi connectivity index (χ2v) is 6.95. The van der Waals surface area contributed by atoms with Crippen molar-refractivity contribution in [3.05, 3.63) is 65.2 Å². The summed E-state index contributed by atoms with van der Waals surface area (Å²) >= 11 is 5.96. The van der Waals surface area contributed by atoms with Crippen LogP contribution in [0.5, 0.6) is 0 Å². The Morgan fingerprint density at radius 1 is 1.09 bits per heavy atom. The first-order chi connectivity index (χ1) is 10.8. The van der Waals surface area contributed by atoms with Gasteiger partial charge in [0, 0.05) is 11.8 Å². The van der Waals surface area contributed by atoms with E-state index in [1.807, 2.05) is 0 Å². The lowest BCUT2D eigenvalue weighted by Crippen LogP contribution is -2.09. The van der Waals surface area contributed by atoms with Crippen LogP contribution in [0.1, 0.15) is 5.56 Å². The maximum Gasteiger partial charge on any atom is 0.248 e. The van der Waals surface area contributed by atoms with E-state index in [1.165, 1.54) is 6.08 Å². The summed E-state index contributed by atoms with van der Waals surface area (Å²) in [6, 6.07) is 13.6. The molecule has 2 N–H and O–H groups in total. The van der Waals surface area contributed by atoms with Crippen molar-refractivity contribution in [3.8, 4) is 0 Å². The number of carbonyl (C=O) groups is 1. The fourth-order valence-electron chi connectivity index (χ4n) is 1.79. The molecule has 5 nitrogen and oxygen atoms in total. The van der Waals surface area contributed by atoms with E-state index >= 15 is 0 Å². The SMILES string of the molecule is CS(=O)(=O)Nc1ccc(/C=C/C(=O)Nc2ccccc2Cl)cc1. The number of sulfonamides is 1. The normalized spacial score (nSPS) is 11.4. The maximum atomic E-state index is 11.8. The highest BCUT2D eigenvalue weighted by molar-refractivity contribution is 7.92. The summed E-state index contributed by atoms with van der Waals surface area (Å²) in [5.74, 6) is -0.309. The Labute approximate surface area is 140 Å². The fourth-order valence-corrected chi connectivity index (χ4v) is 2.53. The molecule has 0 radical (unpaired) electrons. The van der Waals surface area contributed by atoms with E-state index in [9.17, 15) is 13.2 Å². The highest BCUT2D eigenvalue weighted by Gasteiger charge is 2.02. The molecule has 0 fully saturated rings. The van der Waals surface area contributed by atoms with Gasteiger partial charge in [-0.1, -0.05) is 35.9 Å². The fraction of sp³-hybridized carbons (Fsp3) is 0.0625. The second-order valence-electron chi connectivity index (χ2n) is 4.80. The standard InChI is InChI=1S/C16H15ClN2O3S/c1-23(21,22)19-13-9-6-12(7-10-13)8-11-16(20)18-15-5-3-2-4-14(15)17/h2-11,19H,1H3,(H,18,20)/b11-8+. The van der Waals surface area contributed by atoms with Gasteiger partial charge in [0.25, 0.3) is 0 Å². The van der Waals surface area contributed by atoms with Crippen molar-refractivity contribution in [2.45, 2.75) is 0 Å². The van der Waals surface area contributed by atoms with Crippen LogP contribution in [0, 0.1) is 0 Å². The van der Waals surface area contributed by atoms with Gasteiger partial charge in [0.2, 0.25) is 15.9 Å². The lowest BCUT2D eigenvalue weighted by molar-refractivity contribution is -0.111. The zero-order chi connectivity index (χ0) is 16.9. The Kier molecular flexibility index (Phi) is 5.41. The topological polar surface area (TPSA) is 75.3 Å². The van der Waals surface area contributed by atoms with Crippen molar-refractivity contribution in [1.29, 1.82) is 0 Å². The van der Waals surface area contributed by atoms with Gasteiger partial charge in [-0.05, 0) is 35.9 Å². The van der Waals surface area contributed by atoms with Crippen LogP contribution in [0.3, 0.4) is 0 Å². The molecule has 0 saturated heterocycles. The van der Waals surface area contributed by atoms with Crippen molar-refractivity contribution in [3.63, 3.8) is 0 Å². The molecule has 2 rings (SSSR count). The van der Waals surface area contributed by atoms with E-state index in [0.717, 1.165) is 11.8 Å².